The molecule has 0 aliphatic rings. The molecule has 0 spiro atoms. The molecule has 1 unspecified atom stereocenters. The third-order valence-electron chi connectivity index (χ3n) is 2.37. The van der Waals surface area contributed by atoms with Crippen LogP contribution in [0.15, 0.2) is 0 Å². The van der Waals surface area contributed by atoms with Crippen molar-refractivity contribution in [2.45, 2.75) is 52.9 Å². The predicted octanol–water partition coefficient (Wildman–Crippen LogP) is 2.75. The van der Waals surface area contributed by atoms with Gasteiger partial charge in [-0.15, -0.1) is 0 Å². The molecule has 2 heteroatoms. The molecule has 0 bridgehead atoms. The molecule has 0 saturated heterocycles. The maximum absolute atomic E-state index is 11.2. The van der Waals surface area contributed by atoms with Crippen LogP contribution < -0.4 is 0 Å². The molecule has 0 rings (SSSR count). The van der Waals surface area contributed by atoms with E-state index in [1.807, 2.05) is 0 Å². The zero-order valence-electron chi connectivity index (χ0n) is 8.93. The zero-order valence-corrected chi connectivity index (χ0v) is 8.93. The van der Waals surface area contributed by atoms with E-state index in [4.69, 9.17) is 0 Å². The van der Waals surface area contributed by atoms with Crippen molar-refractivity contribution < 1.29 is 9.59 Å². The third-order valence-corrected chi connectivity index (χ3v) is 2.37. The molecule has 0 aromatic heterocycles. The third kappa shape index (κ3) is 7.69. The van der Waals surface area contributed by atoms with E-state index < -0.39 is 0 Å². The van der Waals surface area contributed by atoms with E-state index in [1.165, 1.54) is 6.92 Å². The van der Waals surface area contributed by atoms with Crippen LogP contribution in [0.4, 0.5) is 0 Å². The second-order valence-corrected chi connectivity index (χ2v) is 3.79. The fourth-order valence-electron chi connectivity index (χ4n) is 1.05. The summed E-state index contributed by atoms with van der Waals surface area (Å²) < 4.78 is 0. The fourth-order valence-corrected chi connectivity index (χ4v) is 1.05. The Morgan fingerprint density at radius 2 is 1.77 bits per heavy atom. The first kappa shape index (κ1) is 12.3. The molecule has 0 amide bonds. The molecule has 0 aliphatic carbocycles. The maximum atomic E-state index is 11.2. The molecule has 0 N–H and O–H groups in total. The number of Topliss-reactive ketones (excluding diaryl/α,β-unsaturated/α-hetero) is 2. The Labute approximate surface area is 80.7 Å². The Kier molecular flexibility index (Phi) is 6.47. The average Bonchev–Trinajstić information content (AvgIpc) is 2.10. The molecule has 0 aliphatic heterocycles. The van der Waals surface area contributed by atoms with Gasteiger partial charge < -0.3 is 4.79 Å². The van der Waals surface area contributed by atoms with E-state index in [1.54, 1.807) is 0 Å². The first-order valence-electron chi connectivity index (χ1n) is 5.07. The van der Waals surface area contributed by atoms with Crippen LogP contribution >= 0.6 is 0 Å². The SMILES string of the molecule is CCC(C)CCC(=O)CCC(C)=O. The number of carbonyl (C=O) groups is 2. The van der Waals surface area contributed by atoms with Crippen molar-refractivity contribution >= 4 is 11.6 Å². The summed E-state index contributed by atoms with van der Waals surface area (Å²) in [6.45, 7) is 5.81. The molecular formula is C11H20O2. The highest BCUT2D eigenvalue weighted by Crippen LogP contribution is 2.10. The van der Waals surface area contributed by atoms with Gasteiger partial charge in [0.2, 0.25) is 0 Å². The lowest BCUT2D eigenvalue weighted by atomic mass is 9.99. The van der Waals surface area contributed by atoms with Crippen LogP contribution in [0.5, 0.6) is 0 Å². The second-order valence-electron chi connectivity index (χ2n) is 3.79. The van der Waals surface area contributed by atoms with Crippen molar-refractivity contribution in [1.82, 2.24) is 0 Å². The summed E-state index contributed by atoms with van der Waals surface area (Å²) in [4.78, 5) is 21.8. The maximum Gasteiger partial charge on any atom is 0.133 e. The average molecular weight is 184 g/mol. The van der Waals surface area contributed by atoms with Crippen molar-refractivity contribution in [2.24, 2.45) is 5.92 Å². The van der Waals surface area contributed by atoms with E-state index in [-0.39, 0.29) is 11.6 Å². The summed E-state index contributed by atoms with van der Waals surface area (Å²) in [5, 5.41) is 0. The molecule has 0 fully saturated rings. The van der Waals surface area contributed by atoms with E-state index in [0.717, 1.165) is 12.8 Å². The summed E-state index contributed by atoms with van der Waals surface area (Å²) in [6, 6.07) is 0. The Bertz CT molecular complexity index is 173. The van der Waals surface area contributed by atoms with E-state index in [9.17, 15) is 9.59 Å². The van der Waals surface area contributed by atoms with Crippen LogP contribution in [0.3, 0.4) is 0 Å². The van der Waals surface area contributed by atoms with Gasteiger partial charge in [-0.25, -0.2) is 0 Å². The molecule has 1 atom stereocenters. The zero-order chi connectivity index (χ0) is 10.3. The lowest BCUT2D eigenvalue weighted by molar-refractivity contribution is -0.123. The minimum absolute atomic E-state index is 0.108. The molecular weight excluding hydrogens is 164 g/mol. The number of ketones is 2. The topological polar surface area (TPSA) is 34.1 Å². The highest BCUT2D eigenvalue weighted by atomic mass is 16.1. The molecule has 76 valence electrons. The van der Waals surface area contributed by atoms with Crippen LogP contribution in [0.1, 0.15) is 52.9 Å². The molecule has 0 saturated carbocycles. The largest absolute Gasteiger partial charge is 0.300 e. The highest BCUT2D eigenvalue weighted by molar-refractivity contribution is 5.84. The fraction of sp³-hybridized carbons (Fsp3) is 0.818. The second kappa shape index (κ2) is 6.81. The Morgan fingerprint density at radius 1 is 1.15 bits per heavy atom. The Morgan fingerprint density at radius 3 is 2.23 bits per heavy atom. The summed E-state index contributed by atoms with van der Waals surface area (Å²) in [6.07, 6.45) is 3.58. The molecule has 0 heterocycles. The van der Waals surface area contributed by atoms with Gasteiger partial charge in [0.25, 0.3) is 0 Å². The lowest BCUT2D eigenvalue weighted by Crippen LogP contribution is -2.03. The van der Waals surface area contributed by atoms with Gasteiger partial charge in [-0.3, -0.25) is 4.79 Å². The molecule has 13 heavy (non-hydrogen) atoms. The number of hydrogen-bond acceptors (Lipinski definition) is 2. The Balaban J connectivity index is 3.46. The van der Waals surface area contributed by atoms with Gasteiger partial charge >= 0.3 is 0 Å². The standard InChI is InChI=1S/C11H20O2/c1-4-9(2)5-7-11(13)8-6-10(3)12/h9H,4-8H2,1-3H3. The van der Waals surface area contributed by atoms with Gasteiger partial charge in [-0.1, -0.05) is 20.3 Å². The van der Waals surface area contributed by atoms with Crippen LogP contribution in [0, 0.1) is 5.92 Å². The van der Waals surface area contributed by atoms with Gasteiger partial charge in [0.05, 0.1) is 0 Å². The van der Waals surface area contributed by atoms with Crippen molar-refractivity contribution in [3.63, 3.8) is 0 Å². The summed E-state index contributed by atoms with van der Waals surface area (Å²) >= 11 is 0. The monoisotopic (exact) mass is 184 g/mol. The lowest BCUT2D eigenvalue weighted by Gasteiger charge is -2.06. The molecule has 0 radical (unpaired) electrons. The smallest absolute Gasteiger partial charge is 0.133 e. The number of carbonyl (C=O) groups excluding carboxylic acids is 2. The van der Waals surface area contributed by atoms with Gasteiger partial charge in [-0.05, 0) is 19.3 Å². The molecule has 2 nitrogen and oxygen atoms in total. The van der Waals surface area contributed by atoms with Crippen LogP contribution in [0.25, 0.3) is 0 Å². The van der Waals surface area contributed by atoms with Crippen molar-refractivity contribution in [2.75, 3.05) is 0 Å². The minimum Gasteiger partial charge on any atom is -0.300 e. The summed E-state index contributed by atoms with van der Waals surface area (Å²) in [5.41, 5.74) is 0. The van der Waals surface area contributed by atoms with Crippen LogP contribution in [-0.4, -0.2) is 11.6 Å². The summed E-state index contributed by atoms with van der Waals surface area (Å²) in [7, 11) is 0. The molecule has 0 aromatic rings. The first-order chi connectivity index (χ1) is 6.06. The van der Waals surface area contributed by atoms with Gasteiger partial charge in [0.1, 0.15) is 11.6 Å². The highest BCUT2D eigenvalue weighted by Gasteiger charge is 2.06. The minimum atomic E-state index is 0.108. The van der Waals surface area contributed by atoms with Crippen molar-refractivity contribution in [3.05, 3.63) is 0 Å². The quantitative estimate of drug-likeness (QED) is 0.609. The van der Waals surface area contributed by atoms with Crippen molar-refractivity contribution in [1.29, 1.82) is 0 Å². The first-order valence-corrected chi connectivity index (χ1v) is 5.07. The normalized spacial score (nSPS) is 12.5. The Hall–Kier alpha value is -0.660. The van der Waals surface area contributed by atoms with Gasteiger partial charge in [-0.2, -0.15) is 0 Å². The molecule has 0 aromatic carbocycles. The van der Waals surface area contributed by atoms with Crippen LogP contribution in [-0.2, 0) is 9.59 Å². The predicted molar refractivity (Wildman–Crippen MR) is 53.6 cm³/mol. The summed E-state index contributed by atoms with van der Waals surface area (Å²) in [5.74, 6) is 0.966. The van der Waals surface area contributed by atoms with E-state index in [2.05, 4.69) is 13.8 Å². The van der Waals surface area contributed by atoms with Gasteiger partial charge in [0.15, 0.2) is 0 Å². The van der Waals surface area contributed by atoms with Crippen LogP contribution in [0.2, 0.25) is 0 Å². The van der Waals surface area contributed by atoms with E-state index in [0.29, 0.717) is 25.2 Å². The van der Waals surface area contributed by atoms with Crippen molar-refractivity contribution in [3.8, 4) is 0 Å². The number of rotatable bonds is 7. The number of hydrogen-bond donors (Lipinski definition) is 0. The van der Waals surface area contributed by atoms with E-state index >= 15 is 0 Å². The van der Waals surface area contributed by atoms with Gasteiger partial charge in [0, 0.05) is 19.3 Å².